The minimum atomic E-state index is -0.629. The summed E-state index contributed by atoms with van der Waals surface area (Å²) in [4.78, 5) is 12.2. The number of benzene rings is 1. The van der Waals surface area contributed by atoms with Crippen molar-refractivity contribution in [3.8, 4) is 5.75 Å². The van der Waals surface area contributed by atoms with Gasteiger partial charge in [0.05, 0.1) is 5.69 Å². The molecule has 0 aliphatic carbocycles. The molecule has 0 fully saturated rings. The summed E-state index contributed by atoms with van der Waals surface area (Å²) in [6, 6.07) is 6.90. The van der Waals surface area contributed by atoms with E-state index in [-0.39, 0.29) is 5.91 Å². The predicted octanol–water partition coefficient (Wildman–Crippen LogP) is 2.11. The first-order valence-electron chi connectivity index (χ1n) is 7.13. The molecule has 6 nitrogen and oxygen atoms in total. The van der Waals surface area contributed by atoms with E-state index < -0.39 is 6.10 Å². The van der Waals surface area contributed by atoms with Gasteiger partial charge < -0.3 is 15.4 Å². The van der Waals surface area contributed by atoms with Crippen LogP contribution in [0.25, 0.3) is 0 Å². The van der Waals surface area contributed by atoms with Crippen molar-refractivity contribution in [3.63, 3.8) is 0 Å². The van der Waals surface area contributed by atoms with Crippen molar-refractivity contribution < 1.29 is 9.53 Å². The fourth-order valence-corrected chi connectivity index (χ4v) is 2.46. The number of hydrogen-bond donors (Lipinski definition) is 3. The van der Waals surface area contributed by atoms with Crippen LogP contribution in [-0.4, -0.2) is 28.8 Å². The van der Waals surface area contributed by atoms with Gasteiger partial charge in [0.1, 0.15) is 5.75 Å². The molecule has 116 valence electrons. The molecule has 1 unspecified atom stereocenters. The van der Waals surface area contributed by atoms with Gasteiger partial charge in [-0.25, -0.2) is 0 Å². The number of anilines is 1. The molecule has 1 aromatic heterocycles. The van der Waals surface area contributed by atoms with Crippen molar-refractivity contribution in [2.45, 2.75) is 26.0 Å². The highest BCUT2D eigenvalue weighted by atomic mass is 35.5. The number of carbonyl (C=O) groups is 1. The minimum absolute atomic E-state index is 0.234. The number of rotatable bonds is 4. The Kier molecular flexibility index (Phi) is 4.31. The number of carbonyl (C=O) groups excluding carboxylic acids is 1. The van der Waals surface area contributed by atoms with Crippen LogP contribution in [0.15, 0.2) is 24.3 Å². The molecular formula is C15H17ClN4O2. The second-order valence-electron chi connectivity index (χ2n) is 5.16. The molecule has 2 heterocycles. The van der Waals surface area contributed by atoms with Crippen LogP contribution < -0.4 is 15.4 Å². The Labute approximate surface area is 133 Å². The average Bonchev–Trinajstić information content (AvgIpc) is 2.93. The van der Waals surface area contributed by atoms with E-state index in [1.807, 2.05) is 0 Å². The SMILES string of the molecule is CC(Oc1ccc(Cl)cc1)C(=O)Nc1n[nH]c2c1CCNC2. The molecule has 0 saturated heterocycles. The molecule has 0 spiro atoms. The third kappa shape index (κ3) is 3.23. The van der Waals surface area contributed by atoms with E-state index in [1.54, 1.807) is 31.2 Å². The highest BCUT2D eigenvalue weighted by Crippen LogP contribution is 2.21. The maximum atomic E-state index is 12.2. The number of aromatic nitrogens is 2. The van der Waals surface area contributed by atoms with Gasteiger partial charge in [0.25, 0.3) is 5.91 Å². The smallest absolute Gasteiger partial charge is 0.266 e. The fraction of sp³-hybridized carbons (Fsp3) is 0.333. The van der Waals surface area contributed by atoms with E-state index in [2.05, 4.69) is 20.8 Å². The Bertz CT molecular complexity index is 669. The Morgan fingerprint density at radius 1 is 1.41 bits per heavy atom. The van der Waals surface area contributed by atoms with Crippen LogP contribution in [0.5, 0.6) is 5.75 Å². The quantitative estimate of drug-likeness (QED) is 0.806. The topological polar surface area (TPSA) is 79.0 Å². The molecule has 1 atom stereocenters. The van der Waals surface area contributed by atoms with Crippen LogP contribution in [0.3, 0.4) is 0 Å². The Hall–Kier alpha value is -2.05. The second-order valence-corrected chi connectivity index (χ2v) is 5.60. The molecule has 1 aromatic carbocycles. The predicted molar refractivity (Wildman–Crippen MR) is 84.2 cm³/mol. The average molecular weight is 321 g/mol. The van der Waals surface area contributed by atoms with E-state index in [9.17, 15) is 4.79 Å². The summed E-state index contributed by atoms with van der Waals surface area (Å²) < 4.78 is 5.60. The number of halogens is 1. The molecule has 22 heavy (non-hydrogen) atoms. The molecule has 0 saturated carbocycles. The number of aromatic amines is 1. The standard InChI is InChI=1S/C15H17ClN4O2/c1-9(22-11-4-2-10(16)3-5-11)15(21)18-14-12-6-7-17-8-13(12)19-20-14/h2-5,9,17H,6-8H2,1H3,(H2,18,19,20,21). The number of H-pyrrole nitrogens is 1. The van der Waals surface area contributed by atoms with Crippen LogP contribution >= 0.6 is 11.6 Å². The van der Waals surface area contributed by atoms with Crippen molar-refractivity contribution in [2.24, 2.45) is 0 Å². The highest BCUT2D eigenvalue weighted by molar-refractivity contribution is 6.30. The summed E-state index contributed by atoms with van der Waals surface area (Å²) in [5.41, 5.74) is 2.08. The van der Waals surface area contributed by atoms with E-state index in [0.29, 0.717) is 16.6 Å². The fourth-order valence-electron chi connectivity index (χ4n) is 2.34. The van der Waals surface area contributed by atoms with E-state index in [1.165, 1.54) is 0 Å². The largest absolute Gasteiger partial charge is 0.481 e. The lowest BCUT2D eigenvalue weighted by atomic mass is 10.1. The maximum Gasteiger partial charge on any atom is 0.266 e. The van der Waals surface area contributed by atoms with Crippen molar-refractivity contribution in [3.05, 3.63) is 40.5 Å². The first kappa shape index (κ1) is 14.9. The summed E-state index contributed by atoms with van der Waals surface area (Å²) in [6.45, 7) is 3.33. The molecule has 7 heteroatoms. The van der Waals surface area contributed by atoms with E-state index in [0.717, 1.165) is 30.8 Å². The third-order valence-corrected chi connectivity index (χ3v) is 3.80. The van der Waals surface area contributed by atoms with Gasteiger partial charge in [0.2, 0.25) is 0 Å². The number of nitrogens with zero attached hydrogens (tertiary/aromatic N) is 1. The van der Waals surface area contributed by atoms with Gasteiger partial charge in [-0.05, 0) is 44.2 Å². The number of ether oxygens (including phenoxy) is 1. The summed E-state index contributed by atoms with van der Waals surface area (Å²) in [5.74, 6) is 0.955. The van der Waals surface area contributed by atoms with Gasteiger partial charge in [-0.15, -0.1) is 0 Å². The molecule has 3 rings (SSSR count). The van der Waals surface area contributed by atoms with Crippen LogP contribution in [0.2, 0.25) is 5.02 Å². The first-order chi connectivity index (χ1) is 10.6. The molecule has 1 aliphatic rings. The maximum absolute atomic E-state index is 12.2. The minimum Gasteiger partial charge on any atom is -0.481 e. The van der Waals surface area contributed by atoms with Crippen LogP contribution in [0, 0.1) is 0 Å². The Morgan fingerprint density at radius 2 is 2.18 bits per heavy atom. The van der Waals surface area contributed by atoms with Gasteiger partial charge in [-0.1, -0.05) is 11.6 Å². The number of amides is 1. The lowest BCUT2D eigenvalue weighted by molar-refractivity contribution is -0.122. The van der Waals surface area contributed by atoms with E-state index in [4.69, 9.17) is 16.3 Å². The zero-order valence-electron chi connectivity index (χ0n) is 12.1. The molecule has 0 bridgehead atoms. The van der Waals surface area contributed by atoms with Gasteiger partial charge in [0, 0.05) is 17.1 Å². The van der Waals surface area contributed by atoms with Gasteiger partial charge >= 0.3 is 0 Å². The summed E-state index contributed by atoms with van der Waals surface area (Å²) >= 11 is 5.82. The number of fused-ring (bicyclic) bond motifs is 1. The van der Waals surface area contributed by atoms with Crippen LogP contribution in [0.4, 0.5) is 5.82 Å². The lowest BCUT2D eigenvalue weighted by Crippen LogP contribution is -2.31. The number of hydrogen-bond acceptors (Lipinski definition) is 4. The van der Waals surface area contributed by atoms with Crippen molar-refractivity contribution >= 4 is 23.3 Å². The molecule has 1 aliphatic heterocycles. The van der Waals surface area contributed by atoms with Crippen molar-refractivity contribution in [1.82, 2.24) is 15.5 Å². The monoisotopic (exact) mass is 320 g/mol. The Balaban J connectivity index is 1.64. The van der Waals surface area contributed by atoms with Crippen molar-refractivity contribution in [2.75, 3.05) is 11.9 Å². The van der Waals surface area contributed by atoms with Crippen molar-refractivity contribution in [1.29, 1.82) is 0 Å². The van der Waals surface area contributed by atoms with Gasteiger partial charge in [0.15, 0.2) is 11.9 Å². The molecule has 1 amide bonds. The van der Waals surface area contributed by atoms with Crippen LogP contribution in [-0.2, 0) is 17.8 Å². The van der Waals surface area contributed by atoms with Gasteiger partial charge in [-0.3, -0.25) is 9.89 Å². The third-order valence-electron chi connectivity index (χ3n) is 3.54. The summed E-state index contributed by atoms with van der Waals surface area (Å²) in [6.07, 6.45) is 0.212. The molecule has 3 N–H and O–H groups in total. The Morgan fingerprint density at radius 3 is 2.95 bits per heavy atom. The zero-order valence-corrected chi connectivity index (χ0v) is 12.9. The van der Waals surface area contributed by atoms with Gasteiger partial charge in [-0.2, -0.15) is 5.10 Å². The second kappa shape index (κ2) is 6.37. The normalized spacial score (nSPS) is 15.0. The van der Waals surface area contributed by atoms with E-state index >= 15 is 0 Å². The molecule has 2 aromatic rings. The lowest BCUT2D eigenvalue weighted by Gasteiger charge is -2.16. The zero-order chi connectivity index (χ0) is 15.5. The highest BCUT2D eigenvalue weighted by Gasteiger charge is 2.21. The molecule has 0 radical (unpaired) electrons. The summed E-state index contributed by atoms with van der Waals surface area (Å²) in [7, 11) is 0. The first-order valence-corrected chi connectivity index (χ1v) is 7.51. The number of nitrogens with one attached hydrogen (secondary N) is 3. The van der Waals surface area contributed by atoms with Crippen LogP contribution in [0.1, 0.15) is 18.2 Å². The molecular weight excluding hydrogens is 304 g/mol. The summed E-state index contributed by atoms with van der Waals surface area (Å²) in [5, 5.41) is 13.8.